The lowest BCUT2D eigenvalue weighted by molar-refractivity contribution is 0.448. The van der Waals surface area contributed by atoms with Crippen LogP contribution in [0.1, 0.15) is 42.4 Å². The zero-order chi connectivity index (χ0) is 25.2. The van der Waals surface area contributed by atoms with Crippen LogP contribution in [0.2, 0.25) is 0 Å². The van der Waals surface area contributed by atoms with E-state index in [0.717, 1.165) is 36.8 Å². The van der Waals surface area contributed by atoms with Gasteiger partial charge >= 0.3 is 20.2 Å². The van der Waals surface area contributed by atoms with Crippen molar-refractivity contribution in [2.45, 2.75) is 66.7 Å². The molecule has 0 radical (unpaired) electrons. The second-order valence-electron chi connectivity index (χ2n) is 8.47. The van der Waals surface area contributed by atoms with Gasteiger partial charge in [-0.1, -0.05) is 60.0 Å². The molecule has 4 rings (SSSR count). The lowest BCUT2D eigenvalue weighted by Crippen LogP contribution is -2.15. The summed E-state index contributed by atoms with van der Waals surface area (Å²) in [6.07, 6.45) is 4.11. The number of aryl methyl sites for hydroxylation is 2. The highest BCUT2D eigenvalue weighted by Crippen LogP contribution is 2.37. The number of aromatic nitrogens is 2. The molecule has 0 amide bonds. The fraction of sp³-hybridized carbons (Fsp3) is 0.333. The van der Waals surface area contributed by atoms with E-state index < -0.39 is 20.2 Å². The third kappa shape index (κ3) is 6.14. The maximum Gasteiger partial charge on any atom is 0.340 e. The summed E-state index contributed by atoms with van der Waals surface area (Å²) < 4.78 is 62.4. The highest BCUT2D eigenvalue weighted by Gasteiger charge is 2.27. The highest BCUT2D eigenvalue weighted by molar-refractivity contribution is 7.99. The van der Waals surface area contributed by atoms with Crippen LogP contribution in [0.5, 0.6) is 11.8 Å². The van der Waals surface area contributed by atoms with E-state index in [1.54, 1.807) is 24.3 Å². The third-order valence-electron chi connectivity index (χ3n) is 5.61. The molecule has 1 saturated carbocycles. The normalized spacial score (nSPS) is 14.7. The molecule has 186 valence electrons. The van der Waals surface area contributed by atoms with E-state index in [2.05, 4.69) is 9.97 Å². The molecule has 1 aliphatic carbocycles. The van der Waals surface area contributed by atoms with Gasteiger partial charge in [0.2, 0.25) is 11.8 Å². The van der Waals surface area contributed by atoms with Crippen molar-refractivity contribution in [1.82, 2.24) is 9.97 Å². The van der Waals surface area contributed by atoms with E-state index in [9.17, 15) is 16.8 Å². The van der Waals surface area contributed by atoms with Gasteiger partial charge in [-0.25, -0.2) is 0 Å². The summed E-state index contributed by atoms with van der Waals surface area (Å²) in [5, 5.41) is 0.450. The fourth-order valence-electron chi connectivity index (χ4n) is 3.54. The third-order valence-corrected chi connectivity index (χ3v) is 9.26. The summed E-state index contributed by atoms with van der Waals surface area (Å²) in [7, 11) is -8.44. The lowest BCUT2D eigenvalue weighted by Gasteiger charge is -2.15. The molecule has 0 saturated heterocycles. The summed E-state index contributed by atoms with van der Waals surface area (Å²) in [6.45, 7) is 5.15. The Balaban J connectivity index is 1.72. The second-order valence-corrected chi connectivity index (χ2v) is 12.8. The molecule has 0 unspecified atom stereocenters. The minimum atomic E-state index is -4.22. The molecule has 8 nitrogen and oxygen atoms in total. The minimum absolute atomic E-state index is 0.0409. The van der Waals surface area contributed by atoms with Gasteiger partial charge < -0.3 is 8.37 Å². The van der Waals surface area contributed by atoms with Crippen molar-refractivity contribution >= 4 is 32.0 Å². The first-order chi connectivity index (χ1) is 16.5. The number of benzene rings is 2. The van der Waals surface area contributed by atoms with E-state index in [4.69, 9.17) is 8.37 Å². The Morgan fingerprint density at radius 2 is 1.11 bits per heavy atom. The largest absolute Gasteiger partial charge is 0.358 e. The number of nitrogens with zero attached hydrogens (tertiary/aromatic N) is 2. The predicted octanol–water partition coefficient (Wildman–Crippen LogP) is 4.97. The summed E-state index contributed by atoms with van der Waals surface area (Å²) >= 11 is 1.36. The van der Waals surface area contributed by atoms with Crippen molar-refractivity contribution < 1.29 is 25.2 Å². The number of hydrogen-bond donors (Lipinski definition) is 0. The minimum Gasteiger partial charge on any atom is -0.358 e. The summed E-state index contributed by atoms with van der Waals surface area (Å²) in [4.78, 5) is 8.55. The Kier molecular flexibility index (Phi) is 7.39. The van der Waals surface area contributed by atoms with Gasteiger partial charge in [0, 0.05) is 5.25 Å². The van der Waals surface area contributed by atoms with E-state index in [0.29, 0.717) is 0 Å². The summed E-state index contributed by atoms with van der Waals surface area (Å²) in [6, 6.07) is 12.4. The molecule has 0 bridgehead atoms. The van der Waals surface area contributed by atoms with Gasteiger partial charge in [0.15, 0.2) is 5.16 Å². The van der Waals surface area contributed by atoms with Gasteiger partial charge in [-0.3, -0.25) is 0 Å². The summed E-state index contributed by atoms with van der Waals surface area (Å²) in [5.41, 5.74) is 1.86. The van der Waals surface area contributed by atoms with Crippen molar-refractivity contribution in [1.29, 1.82) is 0 Å². The quantitative estimate of drug-likeness (QED) is 0.292. The molecular weight excluding hydrogens is 508 g/mol. The SMILES string of the molecule is Cc1ccc(S(=O)(=O)Oc2nc(SC3CCCC3)nc(OS(=O)(=O)c3ccc(C)cc3)c2C)cc1. The molecule has 1 heterocycles. The first-order valence-corrected chi connectivity index (χ1v) is 14.8. The molecule has 1 aliphatic rings. The van der Waals surface area contributed by atoms with Gasteiger partial charge in [0.25, 0.3) is 0 Å². The Bertz CT molecular complexity index is 1320. The number of rotatable bonds is 8. The van der Waals surface area contributed by atoms with Crippen molar-refractivity contribution in [2.75, 3.05) is 0 Å². The number of thioether (sulfide) groups is 1. The first kappa shape index (κ1) is 25.5. The van der Waals surface area contributed by atoms with Gasteiger partial charge in [0.1, 0.15) is 9.79 Å². The van der Waals surface area contributed by atoms with Crippen LogP contribution in [-0.2, 0) is 20.2 Å². The Morgan fingerprint density at radius 3 is 1.51 bits per heavy atom. The zero-order valence-corrected chi connectivity index (χ0v) is 22.0. The molecule has 0 spiro atoms. The molecule has 0 atom stereocenters. The van der Waals surface area contributed by atoms with Crippen LogP contribution in [0.25, 0.3) is 0 Å². The highest BCUT2D eigenvalue weighted by atomic mass is 32.2. The van der Waals surface area contributed by atoms with E-state index in [1.807, 2.05) is 13.8 Å². The molecule has 35 heavy (non-hydrogen) atoms. The molecule has 3 aromatic rings. The van der Waals surface area contributed by atoms with E-state index >= 15 is 0 Å². The van der Waals surface area contributed by atoms with Gasteiger partial charge in [0.05, 0.1) is 5.56 Å². The summed E-state index contributed by atoms with van der Waals surface area (Å²) in [5.74, 6) is -0.537. The van der Waals surface area contributed by atoms with Crippen molar-refractivity contribution in [3.8, 4) is 11.8 Å². The van der Waals surface area contributed by atoms with Crippen LogP contribution in [-0.4, -0.2) is 32.1 Å². The van der Waals surface area contributed by atoms with Crippen LogP contribution < -0.4 is 8.37 Å². The van der Waals surface area contributed by atoms with E-state index in [1.165, 1.54) is 43.0 Å². The van der Waals surface area contributed by atoms with Crippen molar-refractivity contribution in [3.05, 3.63) is 65.2 Å². The molecule has 1 fully saturated rings. The van der Waals surface area contributed by atoms with Crippen LogP contribution >= 0.6 is 11.8 Å². The van der Waals surface area contributed by atoms with Crippen LogP contribution in [0, 0.1) is 20.8 Å². The fourth-order valence-corrected chi connectivity index (χ4v) is 6.55. The first-order valence-electron chi connectivity index (χ1n) is 11.1. The standard InChI is InChI=1S/C24H26N2O6S3/c1-16-8-12-20(13-9-16)34(27,28)31-22-18(3)23(26-24(25-22)33-19-6-4-5-7-19)32-35(29,30)21-14-10-17(2)11-15-21/h8-15,19H,4-7H2,1-3H3. The number of hydrogen-bond acceptors (Lipinski definition) is 9. The predicted molar refractivity (Wildman–Crippen MR) is 133 cm³/mol. The maximum atomic E-state index is 12.9. The topological polar surface area (TPSA) is 113 Å². The van der Waals surface area contributed by atoms with E-state index in [-0.39, 0.29) is 37.5 Å². The molecule has 2 aromatic carbocycles. The van der Waals surface area contributed by atoms with Gasteiger partial charge in [-0.2, -0.15) is 26.8 Å². The average molecular weight is 535 g/mol. The lowest BCUT2D eigenvalue weighted by atomic mass is 10.2. The molecule has 11 heteroatoms. The van der Waals surface area contributed by atoms with Crippen molar-refractivity contribution in [2.24, 2.45) is 0 Å². The Morgan fingerprint density at radius 1 is 0.714 bits per heavy atom. The van der Waals surface area contributed by atoms with Gasteiger partial charge in [-0.05, 0) is 57.9 Å². The van der Waals surface area contributed by atoms with Crippen LogP contribution in [0.15, 0.2) is 63.5 Å². The Labute approximate surface area is 210 Å². The Hall–Kier alpha value is -2.63. The molecular formula is C24H26N2O6S3. The van der Waals surface area contributed by atoms with Crippen molar-refractivity contribution in [3.63, 3.8) is 0 Å². The smallest absolute Gasteiger partial charge is 0.340 e. The average Bonchev–Trinajstić information content (AvgIpc) is 3.30. The second kappa shape index (κ2) is 10.2. The van der Waals surface area contributed by atoms with Crippen LogP contribution in [0.3, 0.4) is 0 Å². The molecule has 0 N–H and O–H groups in total. The zero-order valence-electron chi connectivity index (χ0n) is 19.6. The van der Waals surface area contributed by atoms with Crippen LogP contribution in [0.4, 0.5) is 0 Å². The molecule has 0 aliphatic heterocycles. The maximum absolute atomic E-state index is 12.9. The van der Waals surface area contributed by atoms with Gasteiger partial charge in [-0.15, -0.1) is 0 Å². The molecule has 1 aromatic heterocycles. The monoisotopic (exact) mass is 534 g/mol.